The van der Waals surface area contributed by atoms with Gasteiger partial charge < -0.3 is 0 Å². The molecule has 0 aromatic heterocycles. The molecule has 0 spiro atoms. The predicted octanol–water partition coefficient (Wildman–Crippen LogP) is 5.52. The zero-order chi connectivity index (χ0) is 21.2. The van der Waals surface area contributed by atoms with Gasteiger partial charge in [-0.1, -0.05) is 42.5 Å². The van der Waals surface area contributed by atoms with Gasteiger partial charge in [-0.25, -0.2) is 0 Å². The number of benzene rings is 1. The summed E-state index contributed by atoms with van der Waals surface area (Å²) in [4.78, 5) is 0. The van der Waals surface area contributed by atoms with E-state index in [1.165, 1.54) is 11.3 Å². The van der Waals surface area contributed by atoms with Crippen molar-refractivity contribution in [3.05, 3.63) is 64.7 Å². The highest BCUT2D eigenvalue weighted by molar-refractivity contribution is 7.85. The quantitative estimate of drug-likeness (QED) is 0.349. The monoisotopic (exact) mass is 434 g/mol. The number of fused-ring (bicyclic) bond motifs is 1. The fraction of sp³-hybridized carbons (Fsp3) is 0.435. The summed E-state index contributed by atoms with van der Waals surface area (Å²) in [6.07, 6.45) is 8.31. The Labute approximate surface area is 179 Å². The van der Waals surface area contributed by atoms with Crippen LogP contribution in [0.4, 0.5) is 5.69 Å². The van der Waals surface area contributed by atoms with Crippen molar-refractivity contribution < 1.29 is 17.5 Å². The lowest BCUT2D eigenvalue weighted by atomic mass is 9.81. The number of unbranched alkanes of at least 4 members (excludes halogenated alkanes) is 1. The van der Waals surface area contributed by atoms with E-state index in [2.05, 4.69) is 49.3 Å². The van der Waals surface area contributed by atoms with Gasteiger partial charge in [-0.15, -0.1) is 0 Å². The van der Waals surface area contributed by atoms with Crippen LogP contribution in [-0.2, 0) is 15.5 Å². The Hall–Kier alpha value is -1.69. The highest BCUT2D eigenvalue weighted by Gasteiger charge is 2.43. The summed E-state index contributed by atoms with van der Waals surface area (Å²) in [6.45, 7) is 9.17. The SMILES string of the molecule is C=C1CCCC(/C=C/C2=[N+](CCCCS(=O)(=O)O)c3ccccc3C2(C)C)=C1Cl. The maximum absolute atomic E-state index is 11.0. The molecule has 0 bridgehead atoms. The summed E-state index contributed by atoms with van der Waals surface area (Å²) in [5, 5.41) is 0.779. The third-order valence-electron chi connectivity index (χ3n) is 5.79. The normalized spacial score (nSPS) is 19.4. The lowest BCUT2D eigenvalue weighted by molar-refractivity contribution is -0.438. The minimum atomic E-state index is -3.92. The van der Waals surface area contributed by atoms with Gasteiger partial charge in [0.05, 0.1) is 11.2 Å². The standard InChI is InChI=1S/C23H28ClNO3S/c1-17-9-8-10-18(22(17)24)13-14-21-23(2,3)19-11-4-5-12-20(19)25(21)15-6-7-16-29(26,27)28/h4-5,11-14H,1,6-10,15-16H2,2-3H3/p+1/b14-13+. The summed E-state index contributed by atoms with van der Waals surface area (Å²) in [6, 6.07) is 8.33. The molecule has 1 heterocycles. The van der Waals surface area contributed by atoms with E-state index >= 15 is 0 Å². The lowest BCUT2D eigenvalue weighted by Gasteiger charge is -2.17. The molecule has 4 nitrogen and oxygen atoms in total. The van der Waals surface area contributed by atoms with Gasteiger partial charge >= 0.3 is 0 Å². The summed E-state index contributed by atoms with van der Waals surface area (Å²) in [5.41, 5.74) is 5.51. The molecule has 1 aliphatic carbocycles. The van der Waals surface area contributed by atoms with Crippen molar-refractivity contribution >= 4 is 33.1 Å². The number of allylic oxidation sites excluding steroid dienone is 5. The van der Waals surface area contributed by atoms with Crippen LogP contribution in [0.1, 0.15) is 51.5 Å². The molecule has 0 unspecified atom stereocenters. The van der Waals surface area contributed by atoms with Crippen molar-refractivity contribution in [1.29, 1.82) is 0 Å². The molecule has 0 saturated heterocycles. The molecule has 1 aromatic carbocycles. The molecular formula is C23H29ClNO3S+. The fourth-order valence-corrected chi connectivity index (χ4v) is 5.03. The van der Waals surface area contributed by atoms with Gasteiger partial charge in [0.1, 0.15) is 6.54 Å². The van der Waals surface area contributed by atoms with E-state index in [9.17, 15) is 8.42 Å². The molecule has 0 saturated carbocycles. The van der Waals surface area contributed by atoms with E-state index in [0.29, 0.717) is 19.4 Å². The maximum atomic E-state index is 11.0. The van der Waals surface area contributed by atoms with Gasteiger partial charge in [0.2, 0.25) is 5.69 Å². The molecular weight excluding hydrogens is 406 g/mol. The molecule has 2 aliphatic rings. The fourth-order valence-electron chi connectivity index (χ4n) is 4.21. The van der Waals surface area contributed by atoms with Crippen LogP contribution in [0.25, 0.3) is 0 Å². The van der Waals surface area contributed by atoms with Gasteiger partial charge in [0.25, 0.3) is 10.1 Å². The van der Waals surface area contributed by atoms with Crippen molar-refractivity contribution in [2.45, 2.75) is 51.4 Å². The van der Waals surface area contributed by atoms with E-state index in [1.807, 2.05) is 12.1 Å². The Morgan fingerprint density at radius 2 is 1.93 bits per heavy atom. The summed E-state index contributed by atoms with van der Waals surface area (Å²) in [7, 11) is -3.92. The van der Waals surface area contributed by atoms with Crippen molar-refractivity contribution in [2.75, 3.05) is 12.3 Å². The summed E-state index contributed by atoms with van der Waals surface area (Å²) < 4.78 is 33.3. The summed E-state index contributed by atoms with van der Waals surface area (Å²) in [5.74, 6) is -0.207. The lowest BCUT2D eigenvalue weighted by Crippen LogP contribution is -2.28. The topological polar surface area (TPSA) is 57.4 Å². The first-order valence-corrected chi connectivity index (χ1v) is 12.0. The Bertz CT molecular complexity index is 1020. The van der Waals surface area contributed by atoms with Crippen LogP contribution in [0, 0.1) is 0 Å². The molecule has 1 N–H and O–H groups in total. The summed E-state index contributed by atoms with van der Waals surface area (Å²) >= 11 is 6.49. The van der Waals surface area contributed by atoms with Crippen LogP contribution in [0.15, 0.2) is 59.2 Å². The second kappa shape index (κ2) is 8.58. The van der Waals surface area contributed by atoms with Gasteiger partial charge in [-0.05, 0) is 50.7 Å². The van der Waals surface area contributed by atoms with Gasteiger partial charge in [-0.3, -0.25) is 4.55 Å². The van der Waals surface area contributed by atoms with Gasteiger partial charge in [0, 0.05) is 29.2 Å². The average molecular weight is 435 g/mol. The molecule has 0 fully saturated rings. The third kappa shape index (κ3) is 4.90. The van der Waals surface area contributed by atoms with E-state index in [4.69, 9.17) is 16.2 Å². The van der Waals surface area contributed by atoms with Crippen molar-refractivity contribution in [2.24, 2.45) is 0 Å². The molecule has 156 valence electrons. The van der Waals surface area contributed by atoms with Crippen molar-refractivity contribution in [1.82, 2.24) is 0 Å². The first-order chi connectivity index (χ1) is 13.6. The van der Waals surface area contributed by atoms with Crippen LogP contribution in [-0.4, -0.2) is 35.6 Å². The molecule has 29 heavy (non-hydrogen) atoms. The molecule has 1 aromatic rings. The zero-order valence-electron chi connectivity index (χ0n) is 17.1. The highest BCUT2D eigenvalue weighted by atomic mass is 35.5. The number of para-hydroxylation sites is 1. The number of nitrogens with zero attached hydrogens (tertiary/aromatic N) is 1. The zero-order valence-corrected chi connectivity index (χ0v) is 18.7. The second-order valence-corrected chi connectivity index (χ2v) is 10.3. The van der Waals surface area contributed by atoms with Crippen LogP contribution in [0.5, 0.6) is 0 Å². The smallest absolute Gasteiger partial charge is 0.264 e. The second-order valence-electron chi connectivity index (χ2n) is 8.30. The largest absolute Gasteiger partial charge is 0.286 e. The average Bonchev–Trinajstić information content (AvgIpc) is 2.86. The maximum Gasteiger partial charge on any atom is 0.264 e. The third-order valence-corrected chi connectivity index (χ3v) is 7.11. The van der Waals surface area contributed by atoms with E-state index in [0.717, 1.165) is 41.1 Å². The first kappa shape index (κ1) is 22.0. The molecule has 1 aliphatic heterocycles. The van der Waals surface area contributed by atoms with Crippen LogP contribution in [0.2, 0.25) is 0 Å². The van der Waals surface area contributed by atoms with Crippen LogP contribution < -0.4 is 0 Å². The van der Waals surface area contributed by atoms with Crippen LogP contribution >= 0.6 is 11.6 Å². The van der Waals surface area contributed by atoms with Gasteiger partial charge in [0.15, 0.2) is 5.71 Å². The van der Waals surface area contributed by atoms with Crippen molar-refractivity contribution in [3.8, 4) is 0 Å². The molecule has 0 radical (unpaired) electrons. The predicted molar refractivity (Wildman–Crippen MR) is 120 cm³/mol. The van der Waals surface area contributed by atoms with E-state index in [1.54, 1.807) is 0 Å². The molecule has 3 rings (SSSR count). The highest BCUT2D eigenvalue weighted by Crippen LogP contribution is 2.40. The Kier molecular flexibility index (Phi) is 6.51. The first-order valence-electron chi connectivity index (χ1n) is 10.1. The number of hydrogen-bond acceptors (Lipinski definition) is 2. The number of halogens is 1. The minimum absolute atomic E-state index is 0.172. The molecule has 0 atom stereocenters. The Morgan fingerprint density at radius 3 is 2.66 bits per heavy atom. The van der Waals surface area contributed by atoms with Gasteiger partial charge in [-0.2, -0.15) is 13.0 Å². The molecule has 0 amide bonds. The molecule has 6 heteroatoms. The van der Waals surface area contributed by atoms with E-state index in [-0.39, 0.29) is 11.2 Å². The number of hydrogen-bond donors (Lipinski definition) is 1. The Balaban J connectivity index is 1.93. The minimum Gasteiger partial charge on any atom is -0.286 e. The van der Waals surface area contributed by atoms with Crippen LogP contribution in [0.3, 0.4) is 0 Å². The Morgan fingerprint density at radius 1 is 1.21 bits per heavy atom. The van der Waals surface area contributed by atoms with E-state index < -0.39 is 10.1 Å². The van der Waals surface area contributed by atoms with Crippen molar-refractivity contribution in [3.63, 3.8) is 0 Å². The number of rotatable bonds is 7.